The number of carbonyl (C=O) groups is 3. The Hall–Kier alpha value is -3.35. The first kappa shape index (κ1) is 21.9. The van der Waals surface area contributed by atoms with E-state index < -0.39 is 18.1 Å². The third-order valence-corrected chi connectivity index (χ3v) is 6.34. The van der Waals surface area contributed by atoms with Crippen molar-refractivity contribution in [2.75, 3.05) is 13.2 Å². The van der Waals surface area contributed by atoms with E-state index in [2.05, 4.69) is 22.8 Å². The highest BCUT2D eigenvalue weighted by Crippen LogP contribution is 2.44. The van der Waals surface area contributed by atoms with Crippen LogP contribution in [0.5, 0.6) is 0 Å². The van der Waals surface area contributed by atoms with Crippen molar-refractivity contribution in [2.45, 2.75) is 32.2 Å². The average Bonchev–Trinajstić information content (AvgIpc) is 3.50. The molecule has 4 rings (SSSR count). The summed E-state index contributed by atoms with van der Waals surface area (Å²) in [6, 6.07) is 15.4. The van der Waals surface area contributed by atoms with Gasteiger partial charge in [-0.3, -0.25) is 9.59 Å². The van der Waals surface area contributed by atoms with Gasteiger partial charge in [-0.1, -0.05) is 62.4 Å². The van der Waals surface area contributed by atoms with E-state index >= 15 is 0 Å². The van der Waals surface area contributed by atoms with Crippen LogP contribution < -0.4 is 10.6 Å². The summed E-state index contributed by atoms with van der Waals surface area (Å²) in [7, 11) is 0. The monoisotopic (exact) mass is 436 g/mol. The summed E-state index contributed by atoms with van der Waals surface area (Å²) in [5.41, 5.74) is 4.54. The maximum atomic E-state index is 12.6. The molecular formula is C25H28N2O5. The number of hydrogen-bond acceptors (Lipinski definition) is 4. The minimum Gasteiger partial charge on any atom is -0.481 e. The second-order valence-electron chi connectivity index (χ2n) is 8.88. The van der Waals surface area contributed by atoms with Gasteiger partial charge in [0, 0.05) is 12.5 Å². The van der Waals surface area contributed by atoms with Gasteiger partial charge >= 0.3 is 12.1 Å². The van der Waals surface area contributed by atoms with E-state index in [0.717, 1.165) is 22.3 Å². The molecule has 3 atom stereocenters. The largest absolute Gasteiger partial charge is 0.481 e. The quantitative estimate of drug-likeness (QED) is 0.588. The molecule has 2 aromatic rings. The molecule has 0 aromatic heterocycles. The van der Waals surface area contributed by atoms with Gasteiger partial charge in [-0.05, 0) is 40.5 Å². The van der Waals surface area contributed by atoms with E-state index in [-0.39, 0.29) is 36.2 Å². The van der Waals surface area contributed by atoms with E-state index in [4.69, 9.17) is 9.84 Å². The van der Waals surface area contributed by atoms with Crippen LogP contribution in [0.15, 0.2) is 48.5 Å². The predicted molar refractivity (Wildman–Crippen MR) is 119 cm³/mol. The summed E-state index contributed by atoms with van der Waals surface area (Å²) >= 11 is 0. The third-order valence-electron chi connectivity index (χ3n) is 6.34. The van der Waals surface area contributed by atoms with Crippen molar-refractivity contribution in [3.63, 3.8) is 0 Å². The van der Waals surface area contributed by atoms with E-state index in [1.807, 2.05) is 50.2 Å². The fourth-order valence-electron chi connectivity index (χ4n) is 4.42. The fraction of sp³-hybridized carbons (Fsp3) is 0.400. The first-order valence-corrected chi connectivity index (χ1v) is 11.0. The molecule has 0 saturated heterocycles. The van der Waals surface area contributed by atoms with Crippen molar-refractivity contribution in [3.05, 3.63) is 59.7 Å². The SMILES string of the molecule is CC(C)[C@@H](NC(=O)OCC1c2ccccc2-c2ccccc21)C(=O)NC[C@@H]1C[C@@H]1C(=O)O. The number of carbonyl (C=O) groups excluding carboxylic acids is 2. The zero-order valence-electron chi connectivity index (χ0n) is 18.2. The summed E-state index contributed by atoms with van der Waals surface area (Å²) in [5.74, 6) is -1.79. The Morgan fingerprint density at radius 1 is 1.03 bits per heavy atom. The molecule has 0 heterocycles. The number of rotatable bonds is 8. The van der Waals surface area contributed by atoms with Crippen molar-refractivity contribution in [1.82, 2.24) is 10.6 Å². The number of carboxylic acids is 1. The number of nitrogens with one attached hydrogen (secondary N) is 2. The van der Waals surface area contributed by atoms with Gasteiger partial charge in [0.25, 0.3) is 0 Å². The summed E-state index contributed by atoms with van der Waals surface area (Å²) in [6.45, 7) is 4.15. The van der Waals surface area contributed by atoms with Gasteiger partial charge in [-0.25, -0.2) is 4.79 Å². The maximum Gasteiger partial charge on any atom is 0.407 e. The van der Waals surface area contributed by atoms with Gasteiger partial charge in [0.05, 0.1) is 5.92 Å². The van der Waals surface area contributed by atoms with Gasteiger partial charge in [0.1, 0.15) is 12.6 Å². The Kier molecular flexibility index (Phi) is 6.17. The van der Waals surface area contributed by atoms with Crippen molar-refractivity contribution in [1.29, 1.82) is 0 Å². The zero-order chi connectivity index (χ0) is 22.8. The Morgan fingerprint density at radius 2 is 1.62 bits per heavy atom. The number of alkyl carbamates (subject to hydrolysis) is 1. The Bertz CT molecular complexity index is 989. The number of benzene rings is 2. The summed E-state index contributed by atoms with van der Waals surface area (Å²) < 4.78 is 5.55. The molecular weight excluding hydrogens is 408 g/mol. The molecule has 3 N–H and O–H groups in total. The predicted octanol–water partition coefficient (Wildman–Crippen LogP) is 3.39. The molecule has 1 fully saturated rings. The second-order valence-corrected chi connectivity index (χ2v) is 8.88. The molecule has 0 bridgehead atoms. The first-order valence-electron chi connectivity index (χ1n) is 11.0. The lowest BCUT2D eigenvalue weighted by Crippen LogP contribution is -2.50. The lowest BCUT2D eigenvalue weighted by molar-refractivity contribution is -0.139. The zero-order valence-corrected chi connectivity index (χ0v) is 18.2. The van der Waals surface area contributed by atoms with Gasteiger partial charge in [0.15, 0.2) is 0 Å². The van der Waals surface area contributed by atoms with Gasteiger partial charge in [0.2, 0.25) is 5.91 Å². The standard InChI is InChI=1S/C25H28N2O5/c1-14(2)22(23(28)26-12-15-11-20(15)24(29)30)27-25(31)32-13-21-18-9-5-3-7-16(18)17-8-4-6-10-19(17)21/h3-10,14-15,20-22H,11-13H2,1-2H3,(H,26,28)(H,27,31)(H,29,30)/t15-,20-,22+/m0/s1. The minimum absolute atomic E-state index is 0.0429. The van der Waals surface area contributed by atoms with Crippen molar-refractivity contribution >= 4 is 18.0 Å². The van der Waals surface area contributed by atoms with E-state index in [1.54, 1.807) is 0 Å². The molecule has 32 heavy (non-hydrogen) atoms. The van der Waals surface area contributed by atoms with E-state index in [1.165, 1.54) is 0 Å². The van der Waals surface area contributed by atoms with Crippen LogP contribution in [-0.2, 0) is 14.3 Å². The molecule has 7 nitrogen and oxygen atoms in total. The smallest absolute Gasteiger partial charge is 0.407 e. The molecule has 7 heteroatoms. The van der Waals surface area contributed by atoms with Crippen molar-refractivity contribution in [3.8, 4) is 11.1 Å². The van der Waals surface area contributed by atoms with Crippen LogP contribution in [-0.4, -0.2) is 42.3 Å². The number of ether oxygens (including phenoxy) is 1. The Labute approximate surface area is 187 Å². The number of amides is 2. The van der Waals surface area contributed by atoms with Crippen LogP contribution in [0.3, 0.4) is 0 Å². The highest BCUT2D eigenvalue weighted by molar-refractivity contribution is 5.86. The molecule has 168 valence electrons. The van der Waals surface area contributed by atoms with Gasteiger partial charge in [-0.2, -0.15) is 0 Å². The number of aliphatic carboxylic acids is 1. The molecule has 2 aliphatic carbocycles. The third kappa shape index (κ3) is 4.47. The summed E-state index contributed by atoms with van der Waals surface area (Å²) in [6.07, 6.45) is -0.0718. The highest BCUT2D eigenvalue weighted by Gasteiger charge is 2.43. The normalized spacial score (nSPS) is 19.6. The molecule has 2 amide bonds. The summed E-state index contributed by atoms with van der Waals surface area (Å²) in [4.78, 5) is 36.1. The van der Waals surface area contributed by atoms with Crippen LogP contribution in [0.2, 0.25) is 0 Å². The lowest BCUT2D eigenvalue weighted by Gasteiger charge is -2.22. The van der Waals surface area contributed by atoms with Gasteiger partial charge in [-0.15, -0.1) is 0 Å². The summed E-state index contributed by atoms with van der Waals surface area (Å²) in [5, 5.41) is 14.4. The van der Waals surface area contributed by atoms with Crippen LogP contribution in [0.4, 0.5) is 4.79 Å². The average molecular weight is 437 g/mol. The fourth-order valence-corrected chi connectivity index (χ4v) is 4.42. The Balaban J connectivity index is 1.34. The maximum absolute atomic E-state index is 12.6. The minimum atomic E-state index is -0.832. The second kappa shape index (κ2) is 9.02. The van der Waals surface area contributed by atoms with Crippen LogP contribution >= 0.6 is 0 Å². The van der Waals surface area contributed by atoms with Crippen molar-refractivity contribution in [2.24, 2.45) is 17.8 Å². The number of carboxylic acid groups (broad SMARTS) is 1. The first-order chi connectivity index (χ1) is 15.4. The molecule has 0 radical (unpaired) electrons. The Morgan fingerprint density at radius 3 is 2.16 bits per heavy atom. The molecule has 2 aromatic carbocycles. The molecule has 0 spiro atoms. The van der Waals surface area contributed by atoms with Gasteiger partial charge < -0.3 is 20.5 Å². The van der Waals surface area contributed by atoms with E-state index in [9.17, 15) is 14.4 Å². The van der Waals surface area contributed by atoms with Crippen LogP contribution in [0.25, 0.3) is 11.1 Å². The number of hydrogen-bond donors (Lipinski definition) is 3. The lowest BCUT2D eigenvalue weighted by atomic mass is 9.98. The van der Waals surface area contributed by atoms with Crippen molar-refractivity contribution < 1.29 is 24.2 Å². The van der Waals surface area contributed by atoms with Crippen LogP contribution in [0, 0.1) is 17.8 Å². The molecule has 2 aliphatic rings. The molecule has 1 saturated carbocycles. The molecule has 0 aliphatic heterocycles. The topological polar surface area (TPSA) is 105 Å². The highest BCUT2D eigenvalue weighted by atomic mass is 16.5. The number of fused-ring (bicyclic) bond motifs is 3. The van der Waals surface area contributed by atoms with Crippen LogP contribution in [0.1, 0.15) is 37.3 Å². The molecule has 0 unspecified atom stereocenters. The van der Waals surface area contributed by atoms with E-state index in [0.29, 0.717) is 13.0 Å².